The molecule has 24 heavy (non-hydrogen) atoms. The van der Waals surface area contributed by atoms with E-state index in [1.807, 2.05) is 0 Å². The fraction of sp³-hybridized carbons (Fsp3) is 0.750. The van der Waals surface area contributed by atoms with Crippen LogP contribution in [0.25, 0.3) is 0 Å². The molecule has 0 unspecified atom stereocenters. The van der Waals surface area contributed by atoms with Crippen molar-refractivity contribution in [3.8, 4) is 0 Å². The van der Waals surface area contributed by atoms with Gasteiger partial charge in [-0.1, -0.05) is 20.8 Å². The topological polar surface area (TPSA) is 97.6 Å². The third-order valence-electron chi connectivity index (χ3n) is 4.73. The molecule has 3 rings (SSSR count). The highest BCUT2D eigenvalue weighted by molar-refractivity contribution is 6.06. The lowest BCUT2D eigenvalue weighted by Gasteiger charge is -2.29. The van der Waals surface area contributed by atoms with Crippen LogP contribution in [0.15, 0.2) is 4.42 Å². The highest BCUT2D eigenvalue weighted by Crippen LogP contribution is 2.40. The number of imide groups is 1. The number of carbonyl (C=O) groups excluding carboxylic acids is 2. The number of hydrogen-bond acceptors (Lipinski definition) is 6. The summed E-state index contributed by atoms with van der Waals surface area (Å²) in [6.45, 7) is 10.5. The van der Waals surface area contributed by atoms with Gasteiger partial charge in [0.05, 0.1) is 12.0 Å². The van der Waals surface area contributed by atoms with E-state index in [4.69, 9.17) is 9.15 Å². The van der Waals surface area contributed by atoms with Crippen molar-refractivity contribution in [3.05, 3.63) is 11.8 Å². The molecule has 8 nitrogen and oxygen atoms in total. The van der Waals surface area contributed by atoms with Crippen LogP contribution in [0.3, 0.4) is 0 Å². The minimum absolute atomic E-state index is 0.0129. The molecule has 3 amide bonds. The smallest absolute Gasteiger partial charge is 0.325 e. The second kappa shape index (κ2) is 5.54. The van der Waals surface area contributed by atoms with Crippen molar-refractivity contribution in [1.29, 1.82) is 0 Å². The van der Waals surface area contributed by atoms with E-state index < -0.39 is 11.6 Å². The van der Waals surface area contributed by atoms with E-state index in [1.54, 1.807) is 13.8 Å². The van der Waals surface area contributed by atoms with Crippen LogP contribution in [-0.2, 0) is 16.1 Å². The molecule has 0 bridgehead atoms. The monoisotopic (exact) mass is 336 g/mol. The Labute approximate surface area is 140 Å². The lowest BCUT2D eigenvalue weighted by atomic mass is 9.81. The largest absolute Gasteiger partial charge is 0.423 e. The van der Waals surface area contributed by atoms with Crippen molar-refractivity contribution in [2.75, 3.05) is 6.61 Å². The Kier molecular flexibility index (Phi) is 3.90. The molecule has 8 heteroatoms. The first kappa shape index (κ1) is 16.9. The first-order valence-corrected chi connectivity index (χ1v) is 8.17. The first-order chi connectivity index (χ1) is 11.1. The molecule has 1 aromatic rings. The van der Waals surface area contributed by atoms with Crippen molar-refractivity contribution in [1.82, 2.24) is 20.4 Å². The second-order valence-corrected chi connectivity index (χ2v) is 7.99. The van der Waals surface area contributed by atoms with Crippen LogP contribution in [0, 0.1) is 5.41 Å². The zero-order valence-corrected chi connectivity index (χ0v) is 14.8. The maximum absolute atomic E-state index is 11.9. The van der Waals surface area contributed by atoms with Crippen LogP contribution in [0.4, 0.5) is 4.79 Å². The predicted octanol–water partition coefficient (Wildman–Crippen LogP) is 1.82. The summed E-state index contributed by atoms with van der Waals surface area (Å²) in [5, 5.41) is 10.5. The SMILES string of the molecule is CC(C)(C)[C@H]1OCC[C@@H]1c1nnc(CN2C(=O)NC(=O)C2(C)C)o1. The summed E-state index contributed by atoms with van der Waals surface area (Å²) in [4.78, 5) is 25.2. The Morgan fingerprint density at radius 2 is 2.00 bits per heavy atom. The molecule has 2 aliphatic heterocycles. The molecule has 0 aromatic carbocycles. The van der Waals surface area contributed by atoms with Crippen molar-refractivity contribution in [2.45, 2.75) is 65.1 Å². The van der Waals surface area contributed by atoms with Crippen LogP contribution in [0.5, 0.6) is 0 Å². The Balaban J connectivity index is 1.77. The number of urea groups is 1. The molecule has 2 saturated heterocycles. The van der Waals surface area contributed by atoms with Gasteiger partial charge in [-0.05, 0) is 25.7 Å². The lowest BCUT2D eigenvalue weighted by molar-refractivity contribution is -0.125. The van der Waals surface area contributed by atoms with Crippen LogP contribution in [0.1, 0.15) is 58.7 Å². The molecular formula is C16H24N4O4. The molecule has 1 N–H and O–H groups in total. The molecule has 132 valence electrons. The summed E-state index contributed by atoms with van der Waals surface area (Å²) in [7, 11) is 0. The molecule has 0 saturated carbocycles. The number of nitrogens with zero attached hydrogens (tertiary/aromatic N) is 3. The Hall–Kier alpha value is -1.96. The Morgan fingerprint density at radius 1 is 1.29 bits per heavy atom. The third-order valence-corrected chi connectivity index (χ3v) is 4.73. The van der Waals surface area contributed by atoms with Gasteiger partial charge in [0.2, 0.25) is 11.8 Å². The van der Waals surface area contributed by atoms with Gasteiger partial charge in [0.15, 0.2) is 0 Å². The molecule has 0 radical (unpaired) electrons. The van der Waals surface area contributed by atoms with E-state index in [9.17, 15) is 9.59 Å². The molecule has 0 spiro atoms. The van der Waals surface area contributed by atoms with Gasteiger partial charge in [-0.2, -0.15) is 0 Å². The van der Waals surface area contributed by atoms with Crippen LogP contribution in [-0.4, -0.2) is 45.3 Å². The number of amides is 3. The maximum atomic E-state index is 11.9. The second-order valence-electron chi connectivity index (χ2n) is 7.99. The van der Waals surface area contributed by atoms with Gasteiger partial charge in [0, 0.05) is 6.61 Å². The van der Waals surface area contributed by atoms with E-state index in [1.165, 1.54) is 4.90 Å². The van der Waals surface area contributed by atoms with Gasteiger partial charge < -0.3 is 14.1 Å². The molecule has 2 fully saturated rings. The van der Waals surface area contributed by atoms with E-state index >= 15 is 0 Å². The standard InChI is InChI=1S/C16H24N4O4/c1-15(2,3)11-9(6-7-23-11)12-19-18-10(24-12)8-20-14(22)17-13(21)16(20,4)5/h9,11H,6-8H2,1-5H3,(H,17,21,22)/t9-,11-/m0/s1. The molecule has 3 heterocycles. The summed E-state index contributed by atoms with van der Waals surface area (Å²) in [5.41, 5.74) is -0.963. The van der Waals surface area contributed by atoms with Crippen LogP contribution < -0.4 is 5.32 Å². The van der Waals surface area contributed by atoms with Gasteiger partial charge in [0.1, 0.15) is 12.1 Å². The first-order valence-electron chi connectivity index (χ1n) is 8.17. The fourth-order valence-electron chi connectivity index (χ4n) is 3.28. The number of ether oxygens (including phenoxy) is 1. The molecule has 0 aliphatic carbocycles. The van der Waals surface area contributed by atoms with E-state index in [0.29, 0.717) is 18.4 Å². The predicted molar refractivity (Wildman–Crippen MR) is 84.0 cm³/mol. The normalized spacial score (nSPS) is 27.0. The quantitative estimate of drug-likeness (QED) is 0.846. The summed E-state index contributed by atoms with van der Waals surface area (Å²) in [6.07, 6.45) is 0.844. The van der Waals surface area contributed by atoms with Crippen molar-refractivity contribution >= 4 is 11.9 Å². The maximum Gasteiger partial charge on any atom is 0.325 e. The number of hydrogen-bond donors (Lipinski definition) is 1. The average molecular weight is 336 g/mol. The van der Waals surface area contributed by atoms with Gasteiger partial charge >= 0.3 is 6.03 Å². The van der Waals surface area contributed by atoms with E-state index in [0.717, 1.165) is 6.42 Å². The van der Waals surface area contributed by atoms with Crippen LogP contribution >= 0.6 is 0 Å². The lowest BCUT2D eigenvalue weighted by Crippen LogP contribution is -2.43. The van der Waals surface area contributed by atoms with Gasteiger partial charge in [0.25, 0.3) is 5.91 Å². The number of nitrogens with one attached hydrogen (secondary N) is 1. The van der Waals surface area contributed by atoms with Gasteiger partial charge in [-0.15, -0.1) is 10.2 Å². The molecule has 2 atom stereocenters. The highest BCUT2D eigenvalue weighted by atomic mass is 16.5. The van der Waals surface area contributed by atoms with Gasteiger partial charge in [-0.25, -0.2) is 4.79 Å². The molecule has 1 aromatic heterocycles. The Bertz CT molecular complexity index is 661. The summed E-state index contributed by atoms with van der Waals surface area (Å²) < 4.78 is 11.6. The van der Waals surface area contributed by atoms with Gasteiger partial charge in [-0.3, -0.25) is 10.1 Å². The summed E-state index contributed by atoms with van der Waals surface area (Å²) >= 11 is 0. The number of aromatic nitrogens is 2. The van der Waals surface area contributed by atoms with E-state index in [-0.39, 0.29) is 29.9 Å². The van der Waals surface area contributed by atoms with Crippen molar-refractivity contribution in [3.63, 3.8) is 0 Å². The van der Waals surface area contributed by atoms with Crippen LogP contribution in [0.2, 0.25) is 0 Å². The summed E-state index contributed by atoms with van der Waals surface area (Å²) in [5.74, 6) is 0.575. The third kappa shape index (κ3) is 2.79. The minimum Gasteiger partial charge on any atom is -0.423 e. The number of rotatable bonds is 3. The number of carbonyl (C=O) groups is 2. The average Bonchev–Trinajstić information content (AvgIpc) is 3.15. The summed E-state index contributed by atoms with van der Waals surface area (Å²) in [6, 6.07) is -0.443. The van der Waals surface area contributed by atoms with Crippen molar-refractivity contribution in [2.24, 2.45) is 5.41 Å². The van der Waals surface area contributed by atoms with E-state index in [2.05, 4.69) is 36.3 Å². The van der Waals surface area contributed by atoms with Crippen molar-refractivity contribution < 1.29 is 18.7 Å². The zero-order valence-electron chi connectivity index (χ0n) is 14.8. The zero-order chi connectivity index (χ0) is 17.7. The molecular weight excluding hydrogens is 312 g/mol. The Morgan fingerprint density at radius 3 is 2.58 bits per heavy atom. The highest BCUT2D eigenvalue weighted by Gasteiger charge is 2.46. The molecule has 2 aliphatic rings. The minimum atomic E-state index is -0.934. The fourth-order valence-corrected chi connectivity index (χ4v) is 3.28.